The summed E-state index contributed by atoms with van der Waals surface area (Å²) in [5, 5.41) is 15.6. The van der Waals surface area contributed by atoms with Gasteiger partial charge < -0.3 is 14.8 Å². The minimum Gasteiger partial charge on any atom is -0.493 e. The lowest BCUT2D eigenvalue weighted by atomic mass is 10.0. The van der Waals surface area contributed by atoms with Crippen molar-refractivity contribution >= 4 is 0 Å². The van der Waals surface area contributed by atoms with Gasteiger partial charge >= 0.3 is 0 Å². The van der Waals surface area contributed by atoms with Gasteiger partial charge in [-0.3, -0.25) is 0 Å². The highest BCUT2D eigenvalue weighted by Gasteiger charge is 2.20. The predicted molar refractivity (Wildman–Crippen MR) is 78.5 cm³/mol. The van der Waals surface area contributed by atoms with Crippen LogP contribution in [-0.4, -0.2) is 41.0 Å². The molecule has 21 heavy (non-hydrogen) atoms. The summed E-state index contributed by atoms with van der Waals surface area (Å²) >= 11 is 0. The van der Waals surface area contributed by atoms with Gasteiger partial charge in [0.25, 0.3) is 0 Å². The molecule has 0 saturated carbocycles. The average molecular weight is 291 g/mol. The van der Waals surface area contributed by atoms with Crippen molar-refractivity contribution in [3.8, 4) is 11.5 Å². The van der Waals surface area contributed by atoms with E-state index in [1.165, 1.54) is 4.80 Å². The maximum atomic E-state index is 5.51. The Balaban J connectivity index is 2.33. The van der Waals surface area contributed by atoms with Crippen molar-refractivity contribution in [1.82, 2.24) is 25.5 Å². The van der Waals surface area contributed by atoms with Crippen molar-refractivity contribution in [3.63, 3.8) is 0 Å². The first kappa shape index (κ1) is 15.2. The van der Waals surface area contributed by atoms with Crippen molar-refractivity contribution in [3.05, 3.63) is 29.6 Å². The molecular weight excluding hydrogens is 270 g/mol. The Kier molecular flexibility index (Phi) is 5.10. The van der Waals surface area contributed by atoms with Gasteiger partial charge in [-0.15, -0.1) is 10.2 Å². The van der Waals surface area contributed by atoms with Crippen molar-refractivity contribution in [2.75, 3.05) is 20.8 Å². The summed E-state index contributed by atoms with van der Waals surface area (Å²) in [5.74, 6) is 2.13. The number of hydrogen-bond acceptors (Lipinski definition) is 6. The first-order chi connectivity index (χ1) is 10.2. The Morgan fingerprint density at radius 3 is 2.67 bits per heavy atom. The van der Waals surface area contributed by atoms with E-state index in [-0.39, 0.29) is 6.04 Å². The number of methoxy groups -OCH3 is 2. The van der Waals surface area contributed by atoms with E-state index in [2.05, 4.69) is 27.7 Å². The van der Waals surface area contributed by atoms with Gasteiger partial charge in [0.05, 0.1) is 21.3 Å². The number of para-hydroxylation sites is 1. The minimum atomic E-state index is 0.0317. The second-order valence-corrected chi connectivity index (χ2v) is 4.59. The molecule has 7 nitrogen and oxygen atoms in total. The molecule has 1 aromatic heterocycles. The third kappa shape index (κ3) is 3.49. The summed E-state index contributed by atoms with van der Waals surface area (Å²) in [6.07, 6.45) is 0.630. The van der Waals surface area contributed by atoms with Crippen LogP contribution >= 0.6 is 0 Å². The van der Waals surface area contributed by atoms with Crippen LogP contribution in [0.1, 0.15) is 24.4 Å². The molecule has 0 aliphatic heterocycles. The Morgan fingerprint density at radius 1 is 1.29 bits per heavy atom. The van der Waals surface area contributed by atoms with Crippen LogP contribution in [0.5, 0.6) is 11.5 Å². The number of tetrazole rings is 1. The third-order valence-corrected chi connectivity index (χ3v) is 3.20. The second kappa shape index (κ2) is 7.03. The quantitative estimate of drug-likeness (QED) is 0.824. The smallest absolute Gasteiger partial charge is 0.176 e. The lowest BCUT2D eigenvalue weighted by Gasteiger charge is -2.20. The molecule has 1 heterocycles. The zero-order chi connectivity index (χ0) is 15.2. The number of aryl methyl sites for hydroxylation is 1. The summed E-state index contributed by atoms with van der Waals surface area (Å²) in [4.78, 5) is 1.46. The van der Waals surface area contributed by atoms with Gasteiger partial charge in [0.1, 0.15) is 0 Å². The number of benzene rings is 1. The number of ether oxygens (including phenoxy) is 2. The van der Waals surface area contributed by atoms with Gasteiger partial charge in [0.2, 0.25) is 0 Å². The lowest BCUT2D eigenvalue weighted by molar-refractivity contribution is 0.346. The number of nitrogens with one attached hydrogen (secondary N) is 1. The van der Waals surface area contributed by atoms with Crippen LogP contribution < -0.4 is 14.8 Å². The maximum Gasteiger partial charge on any atom is 0.176 e. The molecule has 1 N–H and O–H groups in total. The number of likely N-dealkylation sites (N-methyl/N-ethyl adjacent to an activating group) is 1. The molecule has 0 amide bonds. The normalized spacial score (nSPS) is 12.2. The largest absolute Gasteiger partial charge is 0.493 e. The third-order valence-electron chi connectivity index (χ3n) is 3.20. The van der Waals surface area contributed by atoms with Crippen molar-refractivity contribution < 1.29 is 9.47 Å². The summed E-state index contributed by atoms with van der Waals surface area (Å²) in [7, 11) is 5.03. The SMILES string of the molecule is CCNC(Cc1nnn(C)n1)c1cccc(OC)c1OC. The second-order valence-electron chi connectivity index (χ2n) is 4.59. The highest BCUT2D eigenvalue weighted by atomic mass is 16.5. The topological polar surface area (TPSA) is 74.1 Å². The summed E-state index contributed by atoms with van der Waals surface area (Å²) in [6.45, 7) is 2.88. The molecule has 0 saturated heterocycles. The number of nitrogens with zero attached hydrogens (tertiary/aromatic N) is 4. The van der Waals surface area contributed by atoms with Crippen LogP contribution in [0.4, 0.5) is 0 Å². The molecule has 0 fully saturated rings. The zero-order valence-corrected chi connectivity index (χ0v) is 12.8. The van der Waals surface area contributed by atoms with E-state index in [4.69, 9.17) is 9.47 Å². The van der Waals surface area contributed by atoms with E-state index >= 15 is 0 Å². The fraction of sp³-hybridized carbons (Fsp3) is 0.500. The molecule has 114 valence electrons. The highest BCUT2D eigenvalue weighted by Crippen LogP contribution is 2.35. The van der Waals surface area contributed by atoms with E-state index < -0.39 is 0 Å². The highest BCUT2D eigenvalue weighted by molar-refractivity contribution is 5.48. The van der Waals surface area contributed by atoms with Gasteiger partial charge in [-0.2, -0.15) is 4.80 Å². The lowest BCUT2D eigenvalue weighted by Crippen LogP contribution is -2.24. The van der Waals surface area contributed by atoms with Crippen LogP contribution in [0.25, 0.3) is 0 Å². The predicted octanol–water partition coefficient (Wildman–Crippen LogP) is 1.12. The number of rotatable bonds is 7. The van der Waals surface area contributed by atoms with E-state index in [1.54, 1.807) is 21.3 Å². The van der Waals surface area contributed by atoms with Crippen LogP contribution in [0, 0.1) is 0 Å². The molecule has 1 unspecified atom stereocenters. The molecule has 0 radical (unpaired) electrons. The minimum absolute atomic E-state index is 0.0317. The molecule has 1 atom stereocenters. The molecule has 2 rings (SSSR count). The fourth-order valence-corrected chi connectivity index (χ4v) is 2.31. The van der Waals surface area contributed by atoms with Gasteiger partial charge in [-0.05, 0) is 17.8 Å². The van der Waals surface area contributed by atoms with Gasteiger partial charge in [0, 0.05) is 18.0 Å². The van der Waals surface area contributed by atoms with Crippen LogP contribution in [-0.2, 0) is 13.5 Å². The van der Waals surface area contributed by atoms with Gasteiger partial charge in [0.15, 0.2) is 17.3 Å². The monoisotopic (exact) mass is 291 g/mol. The molecule has 0 aliphatic carbocycles. The fourth-order valence-electron chi connectivity index (χ4n) is 2.31. The summed E-state index contributed by atoms with van der Waals surface area (Å²) in [6, 6.07) is 5.88. The van der Waals surface area contributed by atoms with E-state index in [1.807, 2.05) is 18.2 Å². The van der Waals surface area contributed by atoms with Crippen LogP contribution in [0.3, 0.4) is 0 Å². The zero-order valence-electron chi connectivity index (χ0n) is 12.8. The maximum absolute atomic E-state index is 5.51. The van der Waals surface area contributed by atoms with Gasteiger partial charge in [-0.25, -0.2) is 0 Å². The molecule has 0 aliphatic rings. The molecule has 7 heteroatoms. The molecule has 1 aromatic carbocycles. The van der Waals surface area contributed by atoms with Crippen LogP contribution in [0.15, 0.2) is 18.2 Å². The Morgan fingerprint density at radius 2 is 2.10 bits per heavy atom. The van der Waals surface area contributed by atoms with Crippen molar-refractivity contribution in [2.45, 2.75) is 19.4 Å². The molecular formula is C14H21N5O2. The summed E-state index contributed by atoms with van der Waals surface area (Å²) in [5.41, 5.74) is 1.02. The molecule has 0 spiro atoms. The summed E-state index contributed by atoms with van der Waals surface area (Å²) < 4.78 is 10.9. The van der Waals surface area contributed by atoms with E-state index in [0.29, 0.717) is 18.0 Å². The molecule has 2 aromatic rings. The molecule has 0 bridgehead atoms. The standard InChI is InChI=1S/C14H21N5O2/c1-5-15-11(9-13-16-18-19(2)17-13)10-7-6-8-12(20-3)14(10)21-4/h6-8,11,15H,5,9H2,1-4H3. The van der Waals surface area contributed by atoms with E-state index in [9.17, 15) is 0 Å². The Hall–Kier alpha value is -2.15. The van der Waals surface area contributed by atoms with Crippen LogP contribution in [0.2, 0.25) is 0 Å². The van der Waals surface area contributed by atoms with Crippen molar-refractivity contribution in [1.29, 1.82) is 0 Å². The van der Waals surface area contributed by atoms with Crippen molar-refractivity contribution in [2.24, 2.45) is 7.05 Å². The average Bonchev–Trinajstić information content (AvgIpc) is 2.91. The van der Waals surface area contributed by atoms with E-state index in [0.717, 1.165) is 17.9 Å². The first-order valence-electron chi connectivity index (χ1n) is 6.86. The Bertz CT molecular complexity index is 584. The number of aromatic nitrogens is 4. The van der Waals surface area contributed by atoms with Gasteiger partial charge in [-0.1, -0.05) is 19.1 Å². The Labute approximate surface area is 124 Å². The number of hydrogen-bond donors (Lipinski definition) is 1. The first-order valence-corrected chi connectivity index (χ1v) is 6.86.